The molecule has 2 aliphatic rings. The van der Waals surface area contributed by atoms with E-state index in [1.54, 1.807) is 0 Å². The van der Waals surface area contributed by atoms with Crippen molar-refractivity contribution in [2.24, 2.45) is 5.92 Å². The van der Waals surface area contributed by atoms with Crippen molar-refractivity contribution in [1.82, 2.24) is 10.2 Å². The lowest BCUT2D eigenvalue weighted by Crippen LogP contribution is -2.44. The Bertz CT molecular complexity index is 171. The van der Waals surface area contributed by atoms with E-state index in [9.17, 15) is 4.79 Å². The highest BCUT2D eigenvalue weighted by Gasteiger charge is 2.24. The van der Waals surface area contributed by atoms with Gasteiger partial charge in [-0.15, -0.1) is 0 Å². The fourth-order valence-electron chi connectivity index (χ4n) is 1.84. The molecular weight excluding hydrogens is 152 g/mol. The van der Waals surface area contributed by atoms with Crippen molar-refractivity contribution in [1.29, 1.82) is 0 Å². The van der Waals surface area contributed by atoms with Crippen molar-refractivity contribution in [3.05, 3.63) is 0 Å². The van der Waals surface area contributed by atoms with Gasteiger partial charge in [-0.1, -0.05) is 0 Å². The molecule has 0 aromatic carbocycles. The Morgan fingerprint density at radius 2 is 2.00 bits per heavy atom. The molecule has 0 atom stereocenters. The summed E-state index contributed by atoms with van der Waals surface area (Å²) in [5, 5.41) is 3.19. The van der Waals surface area contributed by atoms with Crippen LogP contribution >= 0.6 is 0 Å². The van der Waals surface area contributed by atoms with Crippen molar-refractivity contribution in [3.63, 3.8) is 0 Å². The maximum absolute atomic E-state index is 11.5. The first-order valence-corrected chi connectivity index (χ1v) is 4.85. The summed E-state index contributed by atoms with van der Waals surface area (Å²) < 4.78 is 0. The SMILES string of the molecule is O=C(CC1CNC1)N1CCCC1. The van der Waals surface area contributed by atoms with Crippen molar-refractivity contribution < 1.29 is 4.79 Å². The lowest BCUT2D eigenvalue weighted by atomic mass is 9.99. The van der Waals surface area contributed by atoms with E-state index in [2.05, 4.69) is 5.32 Å². The monoisotopic (exact) mass is 168 g/mol. The van der Waals surface area contributed by atoms with Gasteiger partial charge in [-0.05, 0) is 31.8 Å². The average molecular weight is 168 g/mol. The van der Waals surface area contributed by atoms with Crippen LogP contribution in [0.3, 0.4) is 0 Å². The number of hydrogen-bond acceptors (Lipinski definition) is 2. The predicted octanol–water partition coefficient (Wildman–Crippen LogP) is 0.218. The van der Waals surface area contributed by atoms with E-state index >= 15 is 0 Å². The van der Waals surface area contributed by atoms with Gasteiger partial charge < -0.3 is 10.2 Å². The molecule has 0 aliphatic carbocycles. The number of nitrogens with one attached hydrogen (secondary N) is 1. The van der Waals surface area contributed by atoms with Gasteiger partial charge in [0.25, 0.3) is 0 Å². The summed E-state index contributed by atoms with van der Waals surface area (Å²) in [4.78, 5) is 13.6. The third-order valence-corrected chi connectivity index (χ3v) is 2.79. The molecule has 2 fully saturated rings. The van der Waals surface area contributed by atoms with Gasteiger partial charge in [0.2, 0.25) is 5.91 Å². The molecule has 0 unspecified atom stereocenters. The second-order valence-corrected chi connectivity index (χ2v) is 3.82. The van der Waals surface area contributed by atoms with Gasteiger partial charge in [-0.2, -0.15) is 0 Å². The molecule has 12 heavy (non-hydrogen) atoms. The van der Waals surface area contributed by atoms with Crippen LogP contribution in [-0.2, 0) is 4.79 Å². The summed E-state index contributed by atoms with van der Waals surface area (Å²) in [6.07, 6.45) is 3.18. The van der Waals surface area contributed by atoms with Crippen LogP contribution in [0.1, 0.15) is 19.3 Å². The third kappa shape index (κ3) is 1.61. The molecule has 68 valence electrons. The van der Waals surface area contributed by atoms with Crippen molar-refractivity contribution in [3.8, 4) is 0 Å². The van der Waals surface area contributed by atoms with Crippen LogP contribution in [0.4, 0.5) is 0 Å². The standard InChI is InChI=1S/C9H16N2O/c12-9(5-8-6-10-7-8)11-3-1-2-4-11/h8,10H,1-7H2. The van der Waals surface area contributed by atoms with Crippen LogP contribution in [0.5, 0.6) is 0 Å². The topological polar surface area (TPSA) is 32.3 Å². The van der Waals surface area contributed by atoms with Crippen LogP contribution in [0, 0.1) is 5.92 Å². The number of hydrogen-bond donors (Lipinski definition) is 1. The Hall–Kier alpha value is -0.570. The Balaban J connectivity index is 1.74. The number of carbonyl (C=O) groups excluding carboxylic acids is 1. The van der Waals surface area contributed by atoms with Gasteiger partial charge in [0.05, 0.1) is 0 Å². The Labute approximate surface area is 73.1 Å². The fraction of sp³-hybridized carbons (Fsp3) is 0.889. The maximum atomic E-state index is 11.5. The number of rotatable bonds is 2. The first kappa shape index (κ1) is 8.05. The molecule has 1 N–H and O–H groups in total. The van der Waals surface area contributed by atoms with Crippen LogP contribution in [0.25, 0.3) is 0 Å². The second-order valence-electron chi connectivity index (χ2n) is 3.82. The molecular formula is C9H16N2O. The van der Waals surface area contributed by atoms with E-state index < -0.39 is 0 Å². The normalized spacial score (nSPS) is 24.2. The van der Waals surface area contributed by atoms with Gasteiger partial charge in [0.15, 0.2) is 0 Å². The molecule has 0 spiro atoms. The molecule has 0 aromatic heterocycles. The van der Waals surface area contributed by atoms with E-state index in [0.29, 0.717) is 11.8 Å². The van der Waals surface area contributed by atoms with Crippen molar-refractivity contribution in [2.45, 2.75) is 19.3 Å². The van der Waals surface area contributed by atoms with Gasteiger partial charge in [0, 0.05) is 19.5 Å². The maximum Gasteiger partial charge on any atom is 0.222 e. The molecule has 1 amide bonds. The van der Waals surface area contributed by atoms with E-state index in [4.69, 9.17) is 0 Å². The second kappa shape index (κ2) is 3.44. The van der Waals surface area contributed by atoms with E-state index in [-0.39, 0.29) is 0 Å². The molecule has 0 aromatic rings. The number of nitrogens with zero attached hydrogens (tertiary/aromatic N) is 1. The van der Waals surface area contributed by atoms with Gasteiger partial charge in [0.1, 0.15) is 0 Å². The average Bonchev–Trinajstić information content (AvgIpc) is 2.47. The van der Waals surface area contributed by atoms with Gasteiger partial charge in [-0.3, -0.25) is 4.79 Å². The van der Waals surface area contributed by atoms with E-state index in [1.807, 2.05) is 4.90 Å². The molecule has 0 saturated carbocycles. The number of amides is 1. The predicted molar refractivity (Wildman–Crippen MR) is 46.8 cm³/mol. The summed E-state index contributed by atoms with van der Waals surface area (Å²) in [7, 11) is 0. The highest BCUT2D eigenvalue weighted by Crippen LogP contribution is 2.14. The quantitative estimate of drug-likeness (QED) is 0.639. The molecule has 0 bridgehead atoms. The zero-order valence-corrected chi connectivity index (χ0v) is 7.38. The first-order valence-electron chi connectivity index (χ1n) is 4.85. The van der Waals surface area contributed by atoms with Gasteiger partial charge >= 0.3 is 0 Å². The minimum atomic E-state index is 0.374. The largest absolute Gasteiger partial charge is 0.343 e. The van der Waals surface area contributed by atoms with Crippen molar-refractivity contribution in [2.75, 3.05) is 26.2 Å². The van der Waals surface area contributed by atoms with Crippen molar-refractivity contribution >= 4 is 5.91 Å². The molecule has 2 rings (SSSR count). The van der Waals surface area contributed by atoms with Gasteiger partial charge in [-0.25, -0.2) is 0 Å². The zero-order chi connectivity index (χ0) is 8.39. The minimum Gasteiger partial charge on any atom is -0.343 e. The smallest absolute Gasteiger partial charge is 0.222 e. The van der Waals surface area contributed by atoms with Crippen LogP contribution in [0.2, 0.25) is 0 Å². The van der Waals surface area contributed by atoms with E-state index in [1.165, 1.54) is 12.8 Å². The highest BCUT2D eigenvalue weighted by atomic mass is 16.2. The number of likely N-dealkylation sites (tertiary alicyclic amines) is 1. The molecule has 0 radical (unpaired) electrons. The summed E-state index contributed by atoms with van der Waals surface area (Å²) >= 11 is 0. The Morgan fingerprint density at radius 3 is 2.50 bits per heavy atom. The molecule has 2 heterocycles. The lowest BCUT2D eigenvalue weighted by Gasteiger charge is -2.28. The first-order chi connectivity index (χ1) is 5.86. The summed E-state index contributed by atoms with van der Waals surface area (Å²) in [5.74, 6) is 0.997. The van der Waals surface area contributed by atoms with Crippen LogP contribution in [-0.4, -0.2) is 37.0 Å². The highest BCUT2D eigenvalue weighted by molar-refractivity contribution is 5.76. The summed E-state index contributed by atoms with van der Waals surface area (Å²) in [6, 6.07) is 0. The molecule has 3 nitrogen and oxygen atoms in total. The number of carbonyl (C=O) groups is 1. The molecule has 2 aliphatic heterocycles. The summed E-state index contributed by atoms with van der Waals surface area (Å²) in [6.45, 7) is 4.08. The van der Waals surface area contributed by atoms with Crippen LogP contribution < -0.4 is 5.32 Å². The third-order valence-electron chi connectivity index (χ3n) is 2.79. The Kier molecular flexibility index (Phi) is 2.30. The van der Waals surface area contributed by atoms with Crippen LogP contribution in [0.15, 0.2) is 0 Å². The van der Waals surface area contributed by atoms with E-state index in [0.717, 1.165) is 32.6 Å². The summed E-state index contributed by atoms with van der Waals surface area (Å²) in [5.41, 5.74) is 0. The lowest BCUT2D eigenvalue weighted by molar-refractivity contribution is -0.131. The fourth-order valence-corrected chi connectivity index (χ4v) is 1.84. The molecule has 2 saturated heterocycles. The minimum absolute atomic E-state index is 0.374. The molecule has 3 heteroatoms. The Morgan fingerprint density at radius 1 is 1.33 bits per heavy atom. The zero-order valence-electron chi connectivity index (χ0n) is 7.38.